The van der Waals surface area contributed by atoms with Crippen molar-refractivity contribution in [1.29, 1.82) is 0 Å². The van der Waals surface area contributed by atoms with Crippen molar-refractivity contribution in [3.8, 4) is 0 Å². The van der Waals surface area contributed by atoms with Gasteiger partial charge in [-0.15, -0.1) is 0 Å². The molecule has 2 aromatic carbocycles. The number of nitrogens with one attached hydrogen (secondary N) is 1. The Morgan fingerprint density at radius 1 is 0.909 bits per heavy atom. The van der Waals surface area contributed by atoms with Crippen molar-refractivity contribution in [3.05, 3.63) is 58.7 Å². The first-order chi connectivity index (χ1) is 10.3. The lowest BCUT2D eigenvalue weighted by atomic mass is 9.84. The Kier molecular flexibility index (Phi) is 3.12. The number of carbonyl (C=O) groups excluding carboxylic acids is 2. The minimum absolute atomic E-state index is 0.0321. The van der Waals surface area contributed by atoms with Crippen LogP contribution in [0.5, 0.6) is 0 Å². The average molecular weight is 317 g/mol. The fourth-order valence-corrected chi connectivity index (χ4v) is 3.24. The van der Waals surface area contributed by atoms with E-state index in [2.05, 4.69) is 5.32 Å². The minimum atomic E-state index is -4.52. The molecule has 0 aliphatic heterocycles. The molecular weight excluding hydrogens is 306 g/mol. The maximum atomic E-state index is 12.5. The fraction of sp³-hybridized carbons (Fsp3) is 0.0667. The van der Waals surface area contributed by atoms with Gasteiger partial charge < -0.3 is 5.32 Å². The molecule has 2 aromatic rings. The lowest BCUT2D eigenvalue weighted by Crippen LogP contribution is -2.22. The summed E-state index contributed by atoms with van der Waals surface area (Å²) in [6.07, 6.45) is 0. The molecule has 0 saturated carbocycles. The van der Waals surface area contributed by atoms with E-state index in [1.165, 1.54) is 19.2 Å². The molecule has 0 heterocycles. The molecule has 1 aliphatic carbocycles. The summed E-state index contributed by atoms with van der Waals surface area (Å²) in [7, 11) is -3.07. The standard InChI is InChI=1S/C15H11NO5S/c1-16-12-6-10-11(7-13(12)22(19,20)21)15(18)9-5-3-2-4-8(9)14(10)17/h2-7,16H,1H3,(H,19,20,21). The Hall–Kier alpha value is -2.51. The number of carbonyl (C=O) groups is 2. The molecule has 0 bridgehead atoms. The predicted molar refractivity (Wildman–Crippen MR) is 79.1 cm³/mol. The molecule has 7 heteroatoms. The van der Waals surface area contributed by atoms with Crippen LogP contribution in [0.15, 0.2) is 41.3 Å². The van der Waals surface area contributed by atoms with E-state index >= 15 is 0 Å². The van der Waals surface area contributed by atoms with Crippen LogP contribution >= 0.6 is 0 Å². The first kappa shape index (κ1) is 14.4. The van der Waals surface area contributed by atoms with Crippen LogP contribution in [0.4, 0.5) is 5.69 Å². The summed E-state index contributed by atoms with van der Waals surface area (Å²) in [5, 5.41) is 2.61. The van der Waals surface area contributed by atoms with Gasteiger partial charge in [0.05, 0.1) is 5.69 Å². The normalized spacial score (nSPS) is 13.5. The van der Waals surface area contributed by atoms with Gasteiger partial charge in [-0.1, -0.05) is 24.3 Å². The quantitative estimate of drug-likeness (QED) is 0.698. The highest BCUT2D eigenvalue weighted by molar-refractivity contribution is 7.86. The van der Waals surface area contributed by atoms with Crippen LogP contribution in [-0.2, 0) is 10.1 Å². The molecular formula is C15H11NO5S. The SMILES string of the molecule is CNc1cc2c(cc1S(=O)(=O)O)C(=O)c1ccccc1C2=O. The van der Waals surface area contributed by atoms with Crippen molar-refractivity contribution in [2.75, 3.05) is 12.4 Å². The Balaban J connectivity index is 2.34. The number of anilines is 1. The lowest BCUT2D eigenvalue weighted by Gasteiger charge is -2.19. The maximum absolute atomic E-state index is 12.5. The van der Waals surface area contributed by atoms with Crippen molar-refractivity contribution >= 4 is 27.4 Å². The largest absolute Gasteiger partial charge is 0.387 e. The van der Waals surface area contributed by atoms with Gasteiger partial charge in [0.1, 0.15) is 4.90 Å². The van der Waals surface area contributed by atoms with Gasteiger partial charge in [-0.2, -0.15) is 8.42 Å². The van der Waals surface area contributed by atoms with Crippen molar-refractivity contribution in [1.82, 2.24) is 0 Å². The molecule has 0 saturated heterocycles. The summed E-state index contributed by atoms with van der Waals surface area (Å²) in [6.45, 7) is 0. The third-order valence-electron chi connectivity index (χ3n) is 3.57. The zero-order valence-electron chi connectivity index (χ0n) is 11.5. The van der Waals surface area contributed by atoms with Gasteiger partial charge in [0.15, 0.2) is 11.6 Å². The highest BCUT2D eigenvalue weighted by atomic mass is 32.2. The van der Waals surface area contributed by atoms with Crippen LogP contribution < -0.4 is 5.32 Å². The van der Waals surface area contributed by atoms with Crippen LogP contribution in [0.25, 0.3) is 0 Å². The molecule has 22 heavy (non-hydrogen) atoms. The van der Waals surface area contributed by atoms with Gasteiger partial charge in [0.25, 0.3) is 10.1 Å². The average Bonchev–Trinajstić information content (AvgIpc) is 2.50. The van der Waals surface area contributed by atoms with Crippen LogP contribution in [0, 0.1) is 0 Å². The highest BCUT2D eigenvalue weighted by Crippen LogP contribution is 2.32. The molecule has 0 fully saturated rings. The number of hydrogen-bond acceptors (Lipinski definition) is 5. The van der Waals surface area contributed by atoms with E-state index in [1.54, 1.807) is 18.2 Å². The number of fused-ring (bicyclic) bond motifs is 2. The highest BCUT2D eigenvalue weighted by Gasteiger charge is 2.32. The third kappa shape index (κ3) is 2.02. The van der Waals surface area contributed by atoms with Gasteiger partial charge in [-0.25, -0.2) is 0 Å². The lowest BCUT2D eigenvalue weighted by molar-refractivity contribution is 0.0979. The maximum Gasteiger partial charge on any atom is 0.296 e. The van der Waals surface area contributed by atoms with Gasteiger partial charge in [0, 0.05) is 29.3 Å². The number of ketones is 2. The summed E-state index contributed by atoms with van der Waals surface area (Å²) in [5.41, 5.74) is 0.637. The number of rotatable bonds is 2. The predicted octanol–water partition coefficient (Wildman–Crippen LogP) is 1.75. The molecule has 1 aliphatic rings. The van der Waals surface area contributed by atoms with Crippen molar-refractivity contribution in [2.45, 2.75) is 4.90 Å². The summed E-state index contributed by atoms with van der Waals surface area (Å²) in [5.74, 6) is -0.804. The zero-order chi connectivity index (χ0) is 16.1. The monoisotopic (exact) mass is 317 g/mol. The summed E-state index contributed by atoms with van der Waals surface area (Å²) in [6, 6.07) is 8.65. The molecule has 6 nitrogen and oxygen atoms in total. The molecule has 0 aromatic heterocycles. The first-order valence-electron chi connectivity index (χ1n) is 6.36. The number of benzene rings is 2. The second-order valence-corrected chi connectivity index (χ2v) is 6.21. The summed E-state index contributed by atoms with van der Waals surface area (Å²) < 4.78 is 32.2. The Morgan fingerprint density at radius 3 is 1.86 bits per heavy atom. The van der Waals surface area contributed by atoms with Gasteiger partial charge in [-0.3, -0.25) is 14.1 Å². The van der Waals surface area contributed by atoms with E-state index in [1.807, 2.05) is 0 Å². The van der Waals surface area contributed by atoms with E-state index in [0.717, 1.165) is 6.07 Å². The van der Waals surface area contributed by atoms with E-state index in [4.69, 9.17) is 0 Å². The van der Waals surface area contributed by atoms with Crippen LogP contribution in [0.1, 0.15) is 31.8 Å². The molecule has 2 N–H and O–H groups in total. The summed E-state index contributed by atoms with van der Waals surface area (Å²) >= 11 is 0. The summed E-state index contributed by atoms with van der Waals surface area (Å²) in [4.78, 5) is 24.5. The van der Waals surface area contributed by atoms with Crippen LogP contribution in [0.3, 0.4) is 0 Å². The van der Waals surface area contributed by atoms with E-state index in [9.17, 15) is 22.6 Å². The molecule has 3 rings (SSSR count). The fourth-order valence-electron chi connectivity index (χ4n) is 2.53. The van der Waals surface area contributed by atoms with Crippen LogP contribution in [0.2, 0.25) is 0 Å². The first-order valence-corrected chi connectivity index (χ1v) is 7.80. The molecule has 0 unspecified atom stereocenters. The molecule has 0 amide bonds. The van der Waals surface area contributed by atoms with Crippen molar-refractivity contribution < 1.29 is 22.6 Å². The Morgan fingerprint density at radius 2 is 1.41 bits per heavy atom. The van der Waals surface area contributed by atoms with Gasteiger partial charge in [0.2, 0.25) is 0 Å². The molecule has 0 atom stereocenters. The van der Waals surface area contributed by atoms with E-state index in [0.29, 0.717) is 0 Å². The second kappa shape index (κ2) is 4.75. The van der Waals surface area contributed by atoms with Gasteiger partial charge >= 0.3 is 0 Å². The second-order valence-electron chi connectivity index (χ2n) is 4.82. The smallest absolute Gasteiger partial charge is 0.296 e. The third-order valence-corrected chi connectivity index (χ3v) is 4.47. The van der Waals surface area contributed by atoms with Crippen molar-refractivity contribution in [2.24, 2.45) is 0 Å². The molecule has 0 radical (unpaired) electrons. The van der Waals surface area contributed by atoms with Crippen LogP contribution in [-0.4, -0.2) is 31.6 Å². The topological polar surface area (TPSA) is 101 Å². The Bertz CT molecular complexity index is 931. The van der Waals surface area contributed by atoms with Gasteiger partial charge in [-0.05, 0) is 12.1 Å². The van der Waals surface area contributed by atoms with E-state index in [-0.39, 0.29) is 33.7 Å². The Labute approximate surface area is 126 Å². The molecule has 0 spiro atoms. The zero-order valence-corrected chi connectivity index (χ0v) is 12.3. The van der Waals surface area contributed by atoms with E-state index < -0.39 is 20.8 Å². The van der Waals surface area contributed by atoms with Crippen molar-refractivity contribution in [3.63, 3.8) is 0 Å². The minimum Gasteiger partial charge on any atom is -0.387 e. The molecule has 112 valence electrons. The number of hydrogen-bond donors (Lipinski definition) is 2.